The number of hydrogen-bond donors (Lipinski definition) is 0. The minimum Gasteiger partial charge on any atom is -0.312 e. The van der Waals surface area contributed by atoms with Crippen molar-refractivity contribution in [1.82, 2.24) is 4.57 Å². The number of aromatic nitrogens is 1. The van der Waals surface area contributed by atoms with Gasteiger partial charge in [0, 0.05) is 16.5 Å². The molecule has 0 aliphatic carbocycles. The quantitative estimate of drug-likeness (QED) is 0.249. The fraction of sp³-hybridized carbons (Fsp3) is 0. The van der Waals surface area contributed by atoms with Gasteiger partial charge in [-0.1, -0.05) is 72.8 Å². The van der Waals surface area contributed by atoms with Crippen molar-refractivity contribution in [2.75, 3.05) is 0 Å². The standard InChI is InChI=1S/C30H17N3/c1-31-23-17-24(32-2)19-25(18-23)33-28-14-13-22(20-8-4-3-5-9-20)16-27(28)30-26-11-7-6-10-21(26)12-15-29(30)33/h3-19H. The Morgan fingerprint density at radius 3 is 2.00 bits per heavy atom. The van der Waals surface area contributed by atoms with Gasteiger partial charge >= 0.3 is 0 Å². The van der Waals surface area contributed by atoms with Crippen LogP contribution in [0.2, 0.25) is 0 Å². The first-order valence-corrected chi connectivity index (χ1v) is 10.7. The first kappa shape index (κ1) is 18.9. The van der Waals surface area contributed by atoms with Gasteiger partial charge in [-0.25, -0.2) is 9.69 Å². The van der Waals surface area contributed by atoms with Crippen molar-refractivity contribution < 1.29 is 0 Å². The predicted molar refractivity (Wildman–Crippen MR) is 136 cm³/mol. The third-order valence-corrected chi connectivity index (χ3v) is 6.17. The van der Waals surface area contributed by atoms with Gasteiger partial charge in [0.05, 0.1) is 24.2 Å². The Hall–Kier alpha value is -4.86. The van der Waals surface area contributed by atoms with Gasteiger partial charge < -0.3 is 4.57 Å². The molecular formula is C30H17N3. The fourth-order valence-corrected chi connectivity index (χ4v) is 4.72. The molecule has 0 fully saturated rings. The van der Waals surface area contributed by atoms with E-state index in [1.807, 2.05) is 18.2 Å². The van der Waals surface area contributed by atoms with Gasteiger partial charge in [0.1, 0.15) is 0 Å². The van der Waals surface area contributed by atoms with Crippen LogP contribution >= 0.6 is 0 Å². The Bertz CT molecular complexity index is 1750. The highest BCUT2D eigenvalue weighted by Crippen LogP contribution is 2.40. The third kappa shape index (κ3) is 2.96. The topological polar surface area (TPSA) is 13.7 Å². The lowest BCUT2D eigenvalue weighted by Crippen LogP contribution is -1.93. The summed E-state index contributed by atoms with van der Waals surface area (Å²) in [5.74, 6) is 0. The van der Waals surface area contributed by atoms with Gasteiger partial charge in [0.2, 0.25) is 0 Å². The third-order valence-electron chi connectivity index (χ3n) is 6.17. The molecule has 0 atom stereocenters. The molecule has 6 aromatic rings. The number of fused-ring (bicyclic) bond motifs is 5. The van der Waals surface area contributed by atoms with Crippen molar-refractivity contribution in [3.05, 3.63) is 126 Å². The molecule has 0 saturated carbocycles. The van der Waals surface area contributed by atoms with E-state index in [1.54, 1.807) is 6.07 Å². The smallest absolute Gasteiger partial charge is 0.179 e. The summed E-state index contributed by atoms with van der Waals surface area (Å²) < 4.78 is 2.18. The minimum atomic E-state index is 0.468. The highest BCUT2D eigenvalue weighted by atomic mass is 15.0. The summed E-state index contributed by atoms with van der Waals surface area (Å²) in [6.45, 7) is 15.0. The summed E-state index contributed by atoms with van der Waals surface area (Å²) >= 11 is 0. The first-order chi connectivity index (χ1) is 16.3. The summed E-state index contributed by atoms with van der Waals surface area (Å²) in [4.78, 5) is 7.21. The van der Waals surface area contributed by atoms with E-state index in [1.165, 1.54) is 21.7 Å². The fourth-order valence-electron chi connectivity index (χ4n) is 4.72. The van der Waals surface area contributed by atoms with E-state index in [0.717, 1.165) is 27.7 Å². The van der Waals surface area contributed by atoms with E-state index in [9.17, 15) is 0 Å². The minimum absolute atomic E-state index is 0.468. The van der Waals surface area contributed by atoms with Gasteiger partial charge in [-0.2, -0.15) is 0 Å². The van der Waals surface area contributed by atoms with E-state index in [-0.39, 0.29) is 0 Å². The Balaban J connectivity index is 1.78. The van der Waals surface area contributed by atoms with Crippen LogP contribution in [0.1, 0.15) is 0 Å². The van der Waals surface area contributed by atoms with Crippen molar-refractivity contribution in [3.8, 4) is 16.8 Å². The lowest BCUT2D eigenvalue weighted by Gasteiger charge is -2.10. The molecule has 5 aromatic carbocycles. The molecule has 0 N–H and O–H groups in total. The van der Waals surface area contributed by atoms with Crippen molar-refractivity contribution in [1.29, 1.82) is 0 Å². The second kappa shape index (κ2) is 7.38. The second-order valence-electron chi connectivity index (χ2n) is 8.05. The number of benzene rings is 5. The summed E-state index contributed by atoms with van der Waals surface area (Å²) in [7, 11) is 0. The number of hydrogen-bond acceptors (Lipinski definition) is 0. The highest BCUT2D eigenvalue weighted by Gasteiger charge is 2.16. The van der Waals surface area contributed by atoms with Gasteiger partial charge in [0.25, 0.3) is 0 Å². The van der Waals surface area contributed by atoms with Crippen LogP contribution in [-0.4, -0.2) is 4.57 Å². The van der Waals surface area contributed by atoms with E-state index < -0.39 is 0 Å². The maximum absolute atomic E-state index is 7.51. The van der Waals surface area contributed by atoms with E-state index in [4.69, 9.17) is 13.1 Å². The molecule has 0 unspecified atom stereocenters. The lowest BCUT2D eigenvalue weighted by molar-refractivity contribution is 1.18. The Morgan fingerprint density at radius 1 is 0.545 bits per heavy atom. The van der Waals surface area contributed by atoms with Crippen LogP contribution in [0.15, 0.2) is 103 Å². The molecule has 0 aliphatic heterocycles. The molecule has 1 aromatic heterocycles. The van der Waals surface area contributed by atoms with Gasteiger partial charge in [-0.3, -0.25) is 0 Å². The molecule has 152 valence electrons. The molecule has 0 spiro atoms. The Morgan fingerprint density at radius 2 is 1.24 bits per heavy atom. The zero-order valence-electron chi connectivity index (χ0n) is 17.7. The average Bonchev–Trinajstić information content (AvgIpc) is 3.23. The molecule has 33 heavy (non-hydrogen) atoms. The molecule has 0 radical (unpaired) electrons. The van der Waals surface area contributed by atoms with Crippen LogP contribution in [0.25, 0.3) is 59.1 Å². The van der Waals surface area contributed by atoms with Crippen molar-refractivity contribution in [2.24, 2.45) is 0 Å². The summed E-state index contributed by atoms with van der Waals surface area (Å²) in [6, 6.07) is 35.0. The average molecular weight is 419 g/mol. The first-order valence-electron chi connectivity index (χ1n) is 10.7. The van der Waals surface area contributed by atoms with Crippen LogP contribution in [0.4, 0.5) is 11.4 Å². The summed E-state index contributed by atoms with van der Waals surface area (Å²) in [5, 5.41) is 4.71. The predicted octanol–water partition coefficient (Wildman–Crippen LogP) is 8.71. The SMILES string of the molecule is [C-]#[N+]c1cc([N+]#[C-])cc(-n2c3ccc(-c4ccccc4)cc3c3c4ccccc4ccc32)c1. The van der Waals surface area contributed by atoms with E-state index >= 15 is 0 Å². The lowest BCUT2D eigenvalue weighted by atomic mass is 10.0. The maximum atomic E-state index is 7.51. The van der Waals surface area contributed by atoms with Crippen molar-refractivity contribution >= 4 is 44.0 Å². The molecular weight excluding hydrogens is 402 g/mol. The molecule has 3 nitrogen and oxygen atoms in total. The van der Waals surface area contributed by atoms with Crippen molar-refractivity contribution in [2.45, 2.75) is 0 Å². The van der Waals surface area contributed by atoms with Crippen LogP contribution < -0.4 is 0 Å². The van der Waals surface area contributed by atoms with Gasteiger partial charge in [-0.15, -0.1) is 0 Å². The largest absolute Gasteiger partial charge is 0.312 e. The summed E-state index contributed by atoms with van der Waals surface area (Å²) in [6.07, 6.45) is 0. The Labute approximate surface area is 191 Å². The van der Waals surface area contributed by atoms with Gasteiger partial charge in [-0.05, 0) is 52.2 Å². The molecule has 0 bridgehead atoms. The van der Waals surface area contributed by atoms with Crippen LogP contribution in [0, 0.1) is 13.1 Å². The molecule has 1 heterocycles. The molecule has 3 heteroatoms. The maximum Gasteiger partial charge on any atom is 0.179 e. The zero-order valence-corrected chi connectivity index (χ0v) is 17.7. The normalized spacial score (nSPS) is 11.0. The highest BCUT2D eigenvalue weighted by molar-refractivity contribution is 6.21. The van der Waals surface area contributed by atoms with Crippen LogP contribution in [0.3, 0.4) is 0 Å². The number of nitrogens with zero attached hydrogens (tertiary/aromatic N) is 3. The zero-order chi connectivity index (χ0) is 22.4. The second-order valence-corrected chi connectivity index (χ2v) is 8.05. The molecule has 6 rings (SSSR count). The molecule has 0 saturated heterocycles. The molecule has 0 aliphatic rings. The molecule has 0 amide bonds. The van der Waals surface area contributed by atoms with Crippen LogP contribution in [0.5, 0.6) is 0 Å². The van der Waals surface area contributed by atoms with E-state index in [2.05, 4.69) is 93.1 Å². The van der Waals surface area contributed by atoms with Crippen molar-refractivity contribution in [3.63, 3.8) is 0 Å². The van der Waals surface area contributed by atoms with Gasteiger partial charge in [0.15, 0.2) is 11.4 Å². The Kier molecular flexibility index (Phi) is 4.22. The van der Waals surface area contributed by atoms with E-state index in [0.29, 0.717) is 11.4 Å². The summed E-state index contributed by atoms with van der Waals surface area (Å²) in [5.41, 5.74) is 6.21. The monoisotopic (exact) mass is 419 g/mol. The van der Waals surface area contributed by atoms with Crippen LogP contribution in [-0.2, 0) is 0 Å². The number of rotatable bonds is 2.